The summed E-state index contributed by atoms with van der Waals surface area (Å²) < 4.78 is 63.5. The van der Waals surface area contributed by atoms with Gasteiger partial charge in [0, 0.05) is 11.1 Å². The monoisotopic (exact) mass is 480 g/mol. The van der Waals surface area contributed by atoms with E-state index in [4.69, 9.17) is 4.74 Å². The minimum Gasteiger partial charge on any atom is -0.486 e. The van der Waals surface area contributed by atoms with Crippen molar-refractivity contribution in [3.63, 3.8) is 0 Å². The first kappa shape index (κ1) is 24.8. The highest BCUT2D eigenvalue weighted by atomic mass is 19.2. The Labute approximate surface area is 203 Å². The molecular weight excluding hydrogens is 452 g/mol. The van der Waals surface area contributed by atoms with E-state index in [1.165, 1.54) is 24.3 Å². The van der Waals surface area contributed by atoms with Crippen molar-refractivity contribution in [3.05, 3.63) is 101 Å². The molecular formula is C30H28F4O. The van der Waals surface area contributed by atoms with Crippen molar-refractivity contribution < 1.29 is 22.3 Å². The Morgan fingerprint density at radius 1 is 0.800 bits per heavy atom. The first-order chi connectivity index (χ1) is 16.9. The SMILES string of the molecule is C=CCOc1ccc(/C=C/c2ccc(-c3ccc(C4CCC(C)CC4)c(F)c3F)cc2)c(F)c1F. The number of rotatable bonds is 7. The zero-order valence-corrected chi connectivity index (χ0v) is 19.7. The standard InChI is InChI=1S/C30H28F4O/c1-3-18-35-26-17-14-23(27(31)30(26)34)13-8-20-6-11-22(12-7-20)25-16-15-24(28(32)29(25)33)21-9-4-19(2)5-10-21/h3,6-8,11-17,19,21H,1,4-5,9-10,18H2,2H3/b13-8+. The first-order valence-electron chi connectivity index (χ1n) is 11.9. The molecule has 0 atom stereocenters. The third kappa shape index (κ3) is 5.50. The van der Waals surface area contributed by atoms with Crippen molar-refractivity contribution in [2.75, 3.05) is 6.61 Å². The highest BCUT2D eigenvalue weighted by Gasteiger charge is 2.25. The third-order valence-corrected chi connectivity index (χ3v) is 6.68. The highest BCUT2D eigenvalue weighted by Crippen LogP contribution is 2.38. The van der Waals surface area contributed by atoms with Gasteiger partial charge in [0.1, 0.15) is 6.61 Å². The lowest BCUT2D eigenvalue weighted by atomic mass is 9.79. The maximum Gasteiger partial charge on any atom is 0.201 e. The summed E-state index contributed by atoms with van der Waals surface area (Å²) >= 11 is 0. The van der Waals surface area contributed by atoms with Crippen LogP contribution in [0.25, 0.3) is 23.3 Å². The quantitative estimate of drug-likeness (QED) is 0.186. The second-order valence-electron chi connectivity index (χ2n) is 9.12. The van der Waals surface area contributed by atoms with Crippen LogP contribution in [0.5, 0.6) is 5.75 Å². The summed E-state index contributed by atoms with van der Waals surface area (Å²) in [6.45, 7) is 5.75. The fraction of sp³-hybridized carbons (Fsp3) is 0.267. The van der Waals surface area contributed by atoms with Crippen LogP contribution in [0.4, 0.5) is 17.6 Å². The smallest absolute Gasteiger partial charge is 0.201 e. The minimum atomic E-state index is -1.06. The Morgan fingerprint density at radius 3 is 2.20 bits per heavy atom. The van der Waals surface area contributed by atoms with E-state index in [0.29, 0.717) is 22.6 Å². The van der Waals surface area contributed by atoms with Gasteiger partial charge in [-0.15, -0.1) is 0 Å². The predicted molar refractivity (Wildman–Crippen MR) is 133 cm³/mol. The van der Waals surface area contributed by atoms with Gasteiger partial charge in [-0.25, -0.2) is 13.2 Å². The molecule has 0 amide bonds. The van der Waals surface area contributed by atoms with Gasteiger partial charge in [-0.05, 0) is 53.5 Å². The average molecular weight is 481 g/mol. The molecule has 35 heavy (non-hydrogen) atoms. The van der Waals surface area contributed by atoms with Crippen LogP contribution in [0.15, 0.2) is 61.2 Å². The molecule has 0 unspecified atom stereocenters. The first-order valence-corrected chi connectivity index (χ1v) is 11.9. The molecule has 0 spiro atoms. The summed E-state index contributed by atoms with van der Waals surface area (Å²) in [6.07, 6.45) is 8.35. The molecule has 0 bridgehead atoms. The second kappa shape index (κ2) is 10.9. The van der Waals surface area contributed by atoms with Crippen LogP contribution in [-0.4, -0.2) is 6.61 Å². The van der Waals surface area contributed by atoms with Gasteiger partial charge in [0.15, 0.2) is 23.2 Å². The van der Waals surface area contributed by atoms with Crippen LogP contribution < -0.4 is 4.74 Å². The topological polar surface area (TPSA) is 9.23 Å². The van der Waals surface area contributed by atoms with Crippen molar-refractivity contribution in [2.45, 2.75) is 38.5 Å². The molecule has 3 aromatic carbocycles. The van der Waals surface area contributed by atoms with Gasteiger partial charge in [0.2, 0.25) is 5.82 Å². The predicted octanol–water partition coefficient (Wildman–Crippen LogP) is 8.94. The molecule has 1 saturated carbocycles. The van der Waals surface area contributed by atoms with Crippen molar-refractivity contribution in [1.29, 1.82) is 0 Å². The van der Waals surface area contributed by atoms with Gasteiger partial charge in [0.25, 0.3) is 0 Å². The second-order valence-corrected chi connectivity index (χ2v) is 9.12. The number of ether oxygens (including phenoxy) is 1. The van der Waals surface area contributed by atoms with Gasteiger partial charge in [-0.3, -0.25) is 0 Å². The van der Waals surface area contributed by atoms with Crippen LogP contribution >= 0.6 is 0 Å². The highest BCUT2D eigenvalue weighted by molar-refractivity contribution is 5.73. The summed E-state index contributed by atoms with van der Waals surface area (Å²) in [5.74, 6) is -3.14. The molecule has 1 nitrogen and oxygen atoms in total. The molecule has 0 radical (unpaired) electrons. The number of benzene rings is 3. The van der Waals surface area contributed by atoms with Crippen molar-refractivity contribution in [3.8, 4) is 16.9 Å². The summed E-state index contributed by atoms with van der Waals surface area (Å²) in [6, 6.07) is 12.9. The molecule has 182 valence electrons. The fourth-order valence-electron chi connectivity index (χ4n) is 4.57. The summed E-state index contributed by atoms with van der Waals surface area (Å²) in [7, 11) is 0. The van der Waals surface area contributed by atoms with Crippen LogP contribution in [0.2, 0.25) is 0 Å². The molecule has 1 fully saturated rings. The summed E-state index contributed by atoms with van der Waals surface area (Å²) in [5, 5.41) is 0. The van der Waals surface area contributed by atoms with E-state index in [9.17, 15) is 17.6 Å². The van der Waals surface area contributed by atoms with E-state index < -0.39 is 23.3 Å². The Morgan fingerprint density at radius 2 is 1.51 bits per heavy atom. The summed E-state index contributed by atoms with van der Waals surface area (Å²) in [4.78, 5) is 0. The molecule has 0 saturated heterocycles. The zero-order valence-electron chi connectivity index (χ0n) is 19.7. The van der Waals surface area contributed by atoms with Gasteiger partial charge in [-0.2, -0.15) is 4.39 Å². The van der Waals surface area contributed by atoms with Crippen LogP contribution in [-0.2, 0) is 0 Å². The average Bonchev–Trinajstić information content (AvgIpc) is 2.87. The molecule has 1 aliphatic rings. The van der Waals surface area contributed by atoms with Crippen LogP contribution in [0.3, 0.4) is 0 Å². The molecule has 4 rings (SSSR count). The lowest BCUT2D eigenvalue weighted by molar-refractivity contribution is 0.332. The van der Waals surface area contributed by atoms with Gasteiger partial charge in [0.05, 0.1) is 0 Å². The third-order valence-electron chi connectivity index (χ3n) is 6.68. The maximum atomic E-state index is 15.0. The lowest BCUT2D eigenvalue weighted by Gasteiger charge is -2.27. The fourth-order valence-corrected chi connectivity index (χ4v) is 4.57. The van der Waals surface area contributed by atoms with E-state index in [2.05, 4.69) is 13.5 Å². The molecule has 0 aliphatic heterocycles. The zero-order chi connectivity index (χ0) is 24.9. The minimum absolute atomic E-state index is 0.0649. The van der Waals surface area contributed by atoms with E-state index >= 15 is 0 Å². The number of hydrogen-bond acceptors (Lipinski definition) is 1. The maximum absolute atomic E-state index is 15.0. The largest absolute Gasteiger partial charge is 0.486 e. The number of halogens is 4. The molecule has 0 aromatic heterocycles. The normalized spacial score (nSPS) is 18.1. The molecule has 5 heteroatoms. The lowest BCUT2D eigenvalue weighted by Crippen LogP contribution is -2.13. The molecule has 0 N–H and O–H groups in total. The molecule has 0 heterocycles. The Hall–Kier alpha value is -3.34. The van der Waals surface area contributed by atoms with E-state index in [0.717, 1.165) is 25.7 Å². The Kier molecular flexibility index (Phi) is 7.74. The van der Waals surface area contributed by atoms with Crippen LogP contribution in [0, 0.1) is 29.2 Å². The van der Waals surface area contributed by atoms with Gasteiger partial charge < -0.3 is 4.74 Å². The van der Waals surface area contributed by atoms with Gasteiger partial charge >= 0.3 is 0 Å². The molecule has 3 aromatic rings. The Bertz CT molecular complexity index is 1220. The molecule has 1 aliphatic carbocycles. The van der Waals surface area contributed by atoms with Crippen molar-refractivity contribution in [1.82, 2.24) is 0 Å². The van der Waals surface area contributed by atoms with Gasteiger partial charge in [-0.1, -0.05) is 81.0 Å². The van der Waals surface area contributed by atoms with E-state index in [-0.39, 0.29) is 29.4 Å². The van der Waals surface area contributed by atoms with Crippen LogP contribution in [0.1, 0.15) is 55.2 Å². The van der Waals surface area contributed by atoms with E-state index in [1.807, 2.05) is 0 Å². The summed E-state index contributed by atoms with van der Waals surface area (Å²) in [5.41, 5.74) is 1.98. The van der Waals surface area contributed by atoms with Crippen molar-refractivity contribution >= 4 is 12.2 Å². The Balaban J connectivity index is 1.50. The van der Waals surface area contributed by atoms with E-state index in [1.54, 1.807) is 42.5 Å². The number of hydrogen-bond donors (Lipinski definition) is 0. The van der Waals surface area contributed by atoms with Crippen molar-refractivity contribution in [2.24, 2.45) is 5.92 Å².